The zero-order valence-electron chi connectivity index (χ0n) is 10.8. The predicted octanol–water partition coefficient (Wildman–Crippen LogP) is 1.36. The molecule has 1 aliphatic rings. The van der Waals surface area contributed by atoms with Crippen LogP contribution in [0.5, 0.6) is 0 Å². The number of sulfonamides is 1. The number of nitrogens with zero attached hydrogens (tertiary/aromatic N) is 1. The van der Waals surface area contributed by atoms with Gasteiger partial charge in [0.25, 0.3) is 0 Å². The molecule has 106 valence electrons. The van der Waals surface area contributed by atoms with Crippen LogP contribution in [-0.4, -0.2) is 37.0 Å². The standard InChI is InChI=1S/C13H18FNO3S/c1-10-6-7-15(8-13(10)16)19(17,18)9-11-2-4-12(14)5-3-11/h2-5,10,13,16H,6-9H2,1H3. The number of aliphatic hydroxyl groups excluding tert-OH is 1. The number of piperidine rings is 1. The van der Waals surface area contributed by atoms with Crippen LogP contribution in [0.15, 0.2) is 24.3 Å². The monoisotopic (exact) mass is 287 g/mol. The smallest absolute Gasteiger partial charge is 0.218 e. The molecule has 0 spiro atoms. The Morgan fingerprint density at radius 2 is 2.00 bits per heavy atom. The Morgan fingerprint density at radius 1 is 1.37 bits per heavy atom. The largest absolute Gasteiger partial charge is 0.391 e. The summed E-state index contributed by atoms with van der Waals surface area (Å²) in [4.78, 5) is 0. The highest BCUT2D eigenvalue weighted by atomic mass is 32.2. The van der Waals surface area contributed by atoms with Crippen molar-refractivity contribution in [2.24, 2.45) is 5.92 Å². The lowest BCUT2D eigenvalue weighted by molar-refractivity contribution is 0.0604. The summed E-state index contributed by atoms with van der Waals surface area (Å²) in [5.41, 5.74) is 0.550. The maximum atomic E-state index is 12.8. The van der Waals surface area contributed by atoms with E-state index in [1.807, 2.05) is 6.92 Å². The van der Waals surface area contributed by atoms with Gasteiger partial charge in [-0.1, -0.05) is 19.1 Å². The second-order valence-electron chi connectivity index (χ2n) is 5.07. The summed E-state index contributed by atoms with van der Waals surface area (Å²) < 4.78 is 38.5. The number of hydrogen-bond donors (Lipinski definition) is 1. The topological polar surface area (TPSA) is 57.6 Å². The second-order valence-corrected chi connectivity index (χ2v) is 7.04. The maximum Gasteiger partial charge on any atom is 0.218 e. The number of aliphatic hydroxyl groups is 1. The summed E-state index contributed by atoms with van der Waals surface area (Å²) in [6.07, 6.45) is 0.0424. The molecule has 0 radical (unpaired) electrons. The number of halogens is 1. The van der Waals surface area contributed by atoms with Gasteiger partial charge in [-0.2, -0.15) is 4.31 Å². The van der Waals surface area contributed by atoms with E-state index in [-0.39, 0.29) is 24.0 Å². The molecule has 0 amide bonds. The minimum absolute atomic E-state index is 0.122. The van der Waals surface area contributed by atoms with E-state index in [0.717, 1.165) is 0 Å². The molecule has 19 heavy (non-hydrogen) atoms. The van der Waals surface area contributed by atoms with Crippen molar-refractivity contribution in [1.82, 2.24) is 4.31 Å². The van der Waals surface area contributed by atoms with Crippen LogP contribution in [0.1, 0.15) is 18.9 Å². The average molecular weight is 287 g/mol. The van der Waals surface area contributed by atoms with E-state index in [2.05, 4.69) is 0 Å². The second kappa shape index (κ2) is 5.56. The van der Waals surface area contributed by atoms with Gasteiger partial charge in [-0.05, 0) is 30.0 Å². The number of β-amino-alcohol motifs (C(OH)–C–C–N with tert-alkyl or cyclic N) is 1. The predicted molar refractivity (Wildman–Crippen MR) is 70.4 cm³/mol. The Morgan fingerprint density at radius 3 is 2.58 bits per heavy atom. The molecule has 1 fully saturated rings. The molecule has 1 aliphatic heterocycles. The van der Waals surface area contributed by atoms with Crippen molar-refractivity contribution < 1.29 is 17.9 Å². The van der Waals surface area contributed by atoms with Crippen LogP contribution in [-0.2, 0) is 15.8 Å². The lowest BCUT2D eigenvalue weighted by Gasteiger charge is -2.33. The summed E-state index contributed by atoms with van der Waals surface area (Å²) in [5, 5.41) is 9.76. The first-order chi connectivity index (χ1) is 8.88. The van der Waals surface area contributed by atoms with Crippen molar-refractivity contribution >= 4 is 10.0 Å². The van der Waals surface area contributed by atoms with E-state index in [9.17, 15) is 17.9 Å². The van der Waals surface area contributed by atoms with Gasteiger partial charge in [0.1, 0.15) is 5.82 Å². The fourth-order valence-electron chi connectivity index (χ4n) is 2.16. The van der Waals surface area contributed by atoms with E-state index >= 15 is 0 Å². The van der Waals surface area contributed by atoms with Crippen LogP contribution >= 0.6 is 0 Å². The molecule has 1 N–H and O–H groups in total. The maximum absolute atomic E-state index is 12.8. The number of hydrogen-bond acceptors (Lipinski definition) is 3. The van der Waals surface area contributed by atoms with Crippen LogP contribution < -0.4 is 0 Å². The zero-order chi connectivity index (χ0) is 14.0. The first kappa shape index (κ1) is 14.4. The van der Waals surface area contributed by atoms with Crippen molar-refractivity contribution in [2.75, 3.05) is 13.1 Å². The molecule has 0 aromatic heterocycles. The van der Waals surface area contributed by atoms with Crippen LogP contribution in [0, 0.1) is 11.7 Å². The van der Waals surface area contributed by atoms with E-state index in [1.165, 1.54) is 28.6 Å². The van der Waals surface area contributed by atoms with Crippen molar-refractivity contribution in [1.29, 1.82) is 0 Å². The first-order valence-electron chi connectivity index (χ1n) is 6.29. The Kier molecular flexibility index (Phi) is 4.23. The van der Waals surface area contributed by atoms with Gasteiger partial charge in [-0.3, -0.25) is 0 Å². The fraction of sp³-hybridized carbons (Fsp3) is 0.538. The van der Waals surface area contributed by atoms with Crippen LogP contribution in [0.4, 0.5) is 4.39 Å². The summed E-state index contributed by atoms with van der Waals surface area (Å²) in [7, 11) is -3.45. The Bertz CT molecular complexity index is 529. The fourth-order valence-corrected chi connectivity index (χ4v) is 3.71. The molecule has 1 aromatic rings. The lowest BCUT2D eigenvalue weighted by atomic mass is 9.98. The van der Waals surface area contributed by atoms with Crippen molar-refractivity contribution in [3.8, 4) is 0 Å². The van der Waals surface area contributed by atoms with Crippen molar-refractivity contribution in [2.45, 2.75) is 25.2 Å². The summed E-state index contributed by atoms with van der Waals surface area (Å²) in [6.45, 7) is 2.49. The Hall–Kier alpha value is -0.980. The average Bonchev–Trinajstić information content (AvgIpc) is 2.35. The van der Waals surface area contributed by atoms with Gasteiger partial charge in [0.05, 0.1) is 11.9 Å². The van der Waals surface area contributed by atoms with Crippen molar-refractivity contribution in [3.05, 3.63) is 35.6 Å². The lowest BCUT2D eigenvalue weighted by Crippen LogP contribution is -2.46. The van der Waals surface area contributed by atoms with E-state index in [0.29, 0.717) is 18.5 Å². The Balaban J connectivity index is 2.08. The molecule has 2 atom stereocenters. The van der Waals surface area contributed by atoms with Gasteiger partial charge in [0.15, 0.2) is 0 Å². The Labute approximate surface area is 112 Å². The molecule has 1 heterocycles. The van der Waals surface area contributed by atoms with E-state index in [4.69, 9.17) is 0 Å². The third kappa shape index (κ3) is 3.52. The van der Waals surface area contributed by atoms with Crippen molar-refractivity contribution in [3.63, 3.8) is 0 Å². The molecule has 0 aliphatic carbocycles. The molecule has 1 aromatic carbocycles. The highest BCUT2D eigenvalue weighted by molar-refractivity contribution is 7.88. The molecule has 2 rings (SSSR count). The summed E-state index contributed by atoms with van der Waals surface area (Å²) >= 11 is 0. The van der Waals surface area contributed by atoms with E-state index in [1.54, 1.807) is 0 Å². The highest BCUT2D eigenvalue weighted by Gasteiger charge is 2.31. The highest BCUT2D eigenvalue weighted by Crippen LogP contribution is 2.21. The summed E-state index contributed by atoms with van der Waals surface area (Å²) in [6, 6.07) is 5.43. The molecule has 0 bridgehead atoms. The quantitative estimate of drug-likeness (QED) is 0.913. The molecule has 2 unspecified atom stereocenters. The molecule has 6 heteroatoms. The van der Waals surface area contributed by atoms with Gasteiger partial charge in [0.2, 0.25) is 10.0 Å². The van der Waals surface area contributed by atoms with Gasteiger partial charge in [-0.15, -0.1) is 0 Å². The molecule has 4 nitrogen and oxygen atoms in total. The third-order valence-corrected chi connectivity index (χ3v) is 5.35. The van der Waals surface area contributed by atoms with E-state index < -0.39 is 16.1 Å². The van der Waals surface area contributed by atoms with Gasteiger partial charge in [0, 0.05) is 13.1 Å². The van der Waals surface area contributed by atoms with Gasteiger partial charge in [-0.25, -0.2) is 12.8 Å². The number of rotatable bonds is 3. The third-order valence-electron chi connectivity index (χ3n) is 3.54. The molecular formula is C13H18FNO3S. The van der Waals surface area contributed by atoms with Crippen LogP contribution in [0.25, 0.3) is 0 Å². The minimum atomic E-state index is -3.45. The van der Waals surface area contributed by atoms with Crippen LogP contribution in [0.2, 0.25) is 0 Å². The normalized spacial score (nSPS) is 25.4. The SMILES string of the molecule is CC1CCN(S(=O)(=O)Cc2ccc(F)cc2)CC1O. The minimum Gasteiger partial charge on any atom is -0.391 e. The number of benzene rings is 1. The molecular weight excluding hydrogens is 269 g/mol. The van der Waals surface area contributed by atoms with Crippen LogP contribution in [0.3, 0.4) is 0 Å². The molecule has 1 saturated heterocycles. The first-order valence-corrected chi connectivity index (χ1v) is 7.90. The van der Waals surface area contributed by atoms with Gasteiger partial charge < -0.3 is 5.11 Å². The zero-order valence-corrected chi connectivity index (χ0v) is 11.6. The van der Waals surface area contributed by atoms with Gasteiger partial charge >= 0.3 is 0 Å². The molecule has 0 saturated carbocycles. The summed E-state index contributed by atoms with van der Waals surface area (Å²) in [5.74, 6) is -0.422.